The van der Waals surface area contributed by atoms with E-state index in [1.807, 2.05) is 13.8 Å². The van der Waals surface area contributed by atoms with Gasteiger partial charge in [-0.15, -0.1) is 0 Å². The van der Waals surface area contributed by atoms with Gasteiger partial charge in [-0.1, -0.05) is 0 Å². The summed E-state index contributed by atoms with van der Waals surface area (Å²) in [5.41, 5.74) is 2.39. The standard InChI is InChI=1S/C9H11N3O/c1-5-4-8-10-7(3)6(2)9(13)12(8)11-5/h4H2,1-3H3. The van der Waals surface area contributed by atoms with E-state index in [0.717, 1.165) is 17.2 Å². The van der Waals surface area contributed by atoms with Crippen molar-refractivity contribution in [3.8, 4) is 0 Å². The molecule has 0 aromatic carbocycles. The van der Waals surface area contributed by atoms with Crippen molar-refractivity contribution in [2.24, 2.45) is 5.10 Å². The van der Waals surface area contributed by atoms with Crippen LogP contribution in [-0.4, -0.2) is 15.4 Å². The lowest BCUT2D eigenvalue weighted by Crippen LogP contribution is -2.22. The van der Waals surface area contributed by atoms with Crippen LogP contribution in [-0.2, 0) is 6.42 Å². The largest absolute Gasteiger partial charge is 0.277 e. The van der Waals surface area contributed by atoms with Crippen LogP contribution in [0.25, 0.3) is 0 Å². The molecule has 0 spiro atoms. The van der Waals surface area contributed by atoms with Crippen molar-refractivity contribution in [2.75, 3.05) is 0 Å². The Hall–Kier alpha value is -1.45. The van der Waals surface area contributed by atoms with Gasteiger partial charge in [-0.05, 0) is 20.8 Å². The van der Waals surface area contributed by atoms with E-state index in [1.54, 1.807) is 6.92 Å². The average Bonchev–Trinajstić information content (AvgIpc) is 2.42. The van der Waals surface area contributed by atoms with Gasteiger partial charge in [0.2, 0.25) is 0 Å². The fraction of sp³-hybridized carbons (Fsp3) is 0.444. The van der Waals surface area contributed by atoms with Crippen LogP contribution in [0.15, 0.2) is 9.90 Å². The van der Waals surface area contributed by atoms with Crippen LogP contribution in [0.1, 0.15) is 24.0 Å². The van der Waals surface area contributed by atoms with Gasteiger partial charge in [0.25, 0.3) is 5.56 Å². The summed E-state index contributed by atoms with van der Waals surface area (Å²) in [7, 11) is 0. The zero-order valence-corrected chi connectivity index (χ0v) is 7.96. The number of hydrogen-bond donors (Lipinski definition) is 0. The lowest BCUT2D eigenvalue weighted by molar-refractivity contribution is 0.755. The van der Waals surface area contributed by atoms with Gasteiger partial charge in [-0.2, -0.15) is 9.78 Å². The first-order valence-electron chi connectivity index (χ1n) is 4.23. The summed E-state index contributed by atoms with van der Waals surface area (Å²) in [6, 6.07) is 0. The summed E-state index contributed by atoms with van der Waals surface area (Å²) in [6.07, 6.45) is 0.691. The fourth-order valence-electron chi connectivity index (χ4n) is 1.41. The molecule has 68 valence electrons. The van der Waals surface area contributed by atoms with Crippen molar-refractivity contribution in [2.45, 2.75) is 27.2 Å². The Morgan fingerprint density at radius 1 is 1.31 bits per heavy atom. The maximum absolute atomic E-state index is 11.6. The van der Waals surface area contributed by atoms with E-state index >= 15 is 0 Å². The molecule has 0 unspecified atom stereocenters. The maximum atomic E-state index is 11.6. The van der Waals surface area contributed by atoms with Gasteiger partial charge in [0.15, 0.2) is 0 Å². The lowest BCUT2D eigenvalue weighted by atomic mass is 10.2. The highest BCUT2D eigenvalue weighted by atomic mass is 16.1. The topological polar surface area (TPSA) is 47.2 Å². The predicted octanol–water partition coefficient (Wildman–Crippen LogP) is 0.640. The highest BCUT2D eigenvalue weighted by Gasteiger charge is 2.16. The highest BCUT2D eigenvalue weighted by Crippen LogP contribution is 2.07. The van der Waals surface area contributed by atoms with Crippen LogP contribution in [0, 0.1) is 13.8 Å². The van der Waals surface area contributed by atoms with E-state index in [-0.39, 0.29) is 5.56 Å². The number of rotatable bonds is 0. The smallest absolute Gasteiger partial charge is 0.267 e. The monoisotopic (exact) mass is 177 g/mol. The predicted molar refractivity (Wildman–Crippen MR) is 50.2 cm³/mol. The second-order valence-corrected chi connectivity index (χ2v) is 3.37. The molecule has 1 aliphatic rings. The Labute approximate surface area is 75.9 Å². The Morgan fingerprint density at radius 2 is 2.00 bits per heavy atom. The second kappa shape index (κ2) is 2.52. The van der Waals surface area contributed by atoms with Crippen molar-refractivity contribution in [1.82, 2.24) is 9.66 Å². The zero-order valence-electron chi connectivity index (χ0n) is 7.96. The van der Waals surface area contributed by atoms with Crippen LogP contribution >= 0.6 is 0 Å². The van der Waals surface area contributed by atoms with Gasteiger partial charge in [0, 0.05) is 23.4 Å². The van der Waals surface area contributed by atoms with Crippen molar-refractivity contribution in [3.63, 3.8) is 0 Å². The van der Waals surface area contributed by atoms with E-state index in [1.165, 1.54) is 4.68 Å². The van der Waals surface area contributed by atoms with Crippen molar-refractivity contribution < 1.29 is 0 Å². The maximum Gasteiger partial charge on any atom is 0.277 e. The van der Waals surface area contributed by atoms with E-state index in [9.17, 15) is 4.79 Å². The highest BCUT2D eigenvalue weighted by molar-refractivity contribution is 5.85. The van der Waals surface area contributed by atoms with Crippen LogP contribution in [0.5, 0.6) is 0 Å². The second-order valence-electron chi connectivity index (χ2n) is 3.37. The number of aromatic nitrogens is 2. The van der Waals surface area contributed by atoms with Gasteiger partial charge in [-0.25, -0.2) is 4.98 Å². The summed E-state index contributed by atoms with van der Waals surface area (Å²) in [5.74, 6) is 0.755. The molecule has 2 heterocycles. The molecule has 4 nitrogen and oxygen atoms in total. The molecule has 1 aromatic rings. The normalized spacial score (nSPS) is 14.2. The van der Waals surface area contributed by atoms with E-state index in [2.05, 4.69) is 10.1 Å². The molecular weight excluding hydrogens is 166 g/mol. The molecule has 0 bridgehead atoms. The summed E-state index contributed by atoms with van der Waals surface area (Å²) in [4.78, 5) is 16.0. The number of nitrogens with zero attached hydrogens (tertiary/aromatic N) is 3. The third-order valence-electron chi connectivity index (χ3n) is 2.28. The first-order chi connectivity index (χ1) is 6.09. The summed E-state index contributed by atoms with van der Waals surface area (Å²) >= 11 is 0. The fourth-order valence-corrected chi connectivity index (χ4v) is 1.41. The summed E-state index contributed by atoms with van der Waals surface area (Å²) in [6.45, 7) is 5.53. The molecule has 4 heteroatoms. The first kappa shape index (κ1) is 8.16. The molecule has 0 saturated heterocycles. The Balaban J connectivity index is 2.77. The minimum absolute atomic E-state index is 0.0423. The zero-order chi connectivity index (χ0) is 9.59. The molecule has 1 aliphatic heterocycles. The molecule has 0 fully saturated rings. The molecule has 2 rings (SSSR count). The minimum Gasteiger partial charge on any atom is -0.267 e. The molecule has 0 saturated carbocycles. The average molecular weight is 177 g/mol. The molecule has 1 aromatic heterocycles. The van der Waals surface area contributed by atoms with E-state index in [0.29, 0.717) is 12.0 Å². The third-order valence-corrected chi connectivity index (χ3v) is 2.28. The van der Waals surface area contributed by atoms with Crippen LogP contribution in [0.2, 0.25) is 0 Å². The molecule has 13 heavy (non-hydrogen) atoms. The number of fused-ring (bicyclic) bond motifs is 1. The third kappa shape index (κ3) is 1.09. The first-order valence-corrected chi connectivity index (χ1v) is 4.23. The molecule has 0 amide bonds. The quantitative estimate of drug-likeness (QED) is 0.583. The molecular formula is C9H11N3O. The molecule has 0 radical (unpaired) electrons. The van der Waals surface area contributed by atoms with Gasteiger partial charge >= 0.3 is 0 Å². The van der Waals surface area contributed by atoms with Crippen molar-refractivity contribution >= 4 is 5.71 Å². The Morgan fingerprint density at radius 3 is 2.69 bits per heavy atom. The van der Waals surface area contributed by atoms with E-state index < -0.39 is 0 Å². The molecule has 0 N–H and O–H groups in total. The molecule has 0 aliphatic carbocycles. The number of hydrogen-bond acceptors (Lipinski definition) is 3. The summed E-state index contributed by atoms with van der Waals surface area (Å²) in [5, 5.41) is 4.11. The Bertz CT molecular complexity index is 457. The SMILES string of the molecule is CC1=Nn2c(nc(C)c(C)c2=O)C1. The number of aryl methyl sites for hydroxylation is 1. The van der Waals surface area contributed by atoms with Crippen molar-refractivity contribution in [3.05, 3.63) is 27.4 Å². The van der Waals surface area contributed by atoms with Crippen molar-refractivity contribution in [1.29, 1.82) is 0 Å². The van der Waals surface area contributed by atoms with Crippen LogP contribution in [0.4, 0.5) is 0 Å². The lowest BCUT2D eigenvalue weighted by Gasteiger charge is -2.02. The van der Waals surface area contributed by atoms with E-state index in [4.69, 9.17) is 0 Å². The summed E-state index contributed by atoms with van der Waals surface area (Å²) < 4.78 is 1.40. The Kier molecular flexibility index (Phi) is 1.58. The van der Waals surface area contributed by atoms with Crippen LogP contribution < -0.4 is 5.56 Å². The van der Waals surface area contributed by atoms with Gasteiger partial charge in [-0.3, -0.25) is 4.79 Å². The van der Waals surface area contributed by atoms with Gasteiger partial charge in [0.05, 0.1) is 0 Å². The van der Waals surface area contributed by atoms with Crippen LogP contribution in [0.3, 0.4) is 0 Å². The van der Waals surface area contributed by atoms with Gasteiger partial charge in [0.1, 0.15) is 5.82 Å². The molecule has 0 atom stereocenters. The van der Waals surface area contributed by atoms with Gasteiger partial charge < -0.3 is 0 Å². The minimum atomic E-state index is -0.0423.